The highest BCUT2D eigenvalue weighted by Gasteiger charge is 2.35. The maximum Gasteiger partial charge on any atom is 0.418 e. The molecule has 0 spiro atoms. The minimum atomic E-state index is -1.12. The van der Waals surface area contributed by atoms with Gasteiger partial charge in [-0.3, -0.25) is 19.9 Å². The van der Waals surface area contributed by atoms with Gasteiger partial charge in [-0.25, -0.2) is 9.59 Å². The normalized spacial score (nSPS) is 11.7. The van der Waals surface area contributed by atoms with Crippen molar-refractivity contribution in [3.8, 4) is 0 Å². The fraction of sp³-hybridized carbons (Fsp3) is 0.375. The highest BCUT2D eigenvalue weighted by Crippen LogP contribution is 2.25. The monoisotopic (exact) mass is 330 g/mol. The van der Waals surface area contributed by atoms with E-state index in [2.05, 4.69) is 19.9 Å². The molecule has 0 N–H and O–H groups in total. The Morgan fingerprint density at radius 3 is 1.42 bits per heavy atom. The first kappa shape index (κ1) is 17.5. The van der Waals surface area contributed by atoms with E-state index in [1.807, 2.05) is 0 Å². The topological polar surface area (TPSA) is 104 Å². The molecular formula is C16H18N4O4. The Morgan fingerprint density at radius 2 is 1.12 bits per heavy atom. The van der Waals surface area contributed by atoms with Crippen LogP contribution in [0.2, 0.25) is 0 Å². The second-order valence-corrected chi connectivity index (χ2v) is 5.98. The van der Waals surface area contributed by atoms with Crippen LogP contribution in [0.3, 0.4) is 0 Å². The standard InChI is InChI=1S/C16H18N4O4/c1-15(2,11-9-17-5-7-19-11)23-13(21)14(22)24-16(3,4)12-10-18-6-8-20-12/h5-10H,1-4H3. The lowest BCUT2D eigenvalue weighted by atomic mass is 10.1. The SMILES string of the molecule is CC(C)(OC(=O)C(=O)OC(C)(C)c1cnccn1)c1cnccn1. The molecule has 0 bridgehead atoms. The number of rotatable bonds is 4. The molecule has 0 unspecified atom stereocenters. The Bertz CT molecular complexity index is 654. The summed E-state index contributed by atoms with van der Waals surface area (Å²) in [5, 5.41) is 0. The van der Waals surface area contributed by atoms with Gasteiger partial charge in [-0.2, -0.15) is 0 Å². The lowest BCUT2D eigenvalue weighted by molar-refractivity contribution is -0.184. The molecule has 0 saturated heterocycles. The van der Waals surface area contributed by atoms with Gasteiger partial charge in [0.15, 0.2) is 11.2 Å². The fourth-order valence-corrected chi connectivity index (χ4v) is 1.87. The van der Waals surface area contributed by atoms with Gasteiger partial charge in [0, 0.05) is 24.8 Å². The maximum absolute atomic E-state index is 12.1. The van der Waals surface area contributed by atoms with E-state index in [1.54, 1.807) is 27.7 Å². The fourth-order valence-electron chi connectivity index (χ4n) is 1.87. The van der Waals surface area contributed by atoms with E-state index in [4.69, 9.17) is 9.47 Å². The molecule has 0 saturated carbocycles. The minimum absolute atomic E-state index is 0.416. The number of aromatic nitrogens is 4. The summed E-state index contributed by atoms with van der Waals surface area (Å²) in [6.45, 7) is 6.43. The molecular weight excluding hydrogens is 312 g/mol. The average molecular weight is 330 g/mol. The summed E-state index contributed by atoms with van der Waals surface area (Å²) in [6, 6.07) is 0. The van der Waals surface area contributed by atoms with E-state index in [0.29, 0.717) is 11.4 Å². The molecule has 0 aromatic carbocycles. The van der Waals surface area contributed by atoms with Crippen molar-refractivity contribution in [2.45, 2.75) is 38.9 Å². The zero-order chi connectivity index (χ0) is 17.8. The summed E-state index contributed by atoms with van der Waals surface area (Å²) in [5.41, 5.74) is -1.42. The van der Waals surface area contributed by atoms with E-state index in [9.17, 15) is 9.59 Å². The van der Waals surface area contributed by atoms with Crippen LogP contribution >= 0.6 is 0 Å². The van der Waals surface area contributed by atoms with E-state index in [1.165, 1.54) is 37.2 Å². The number of hydrogen-bond donors (Lipinski definition) is 0. The van der Waals surface area contributed by atoms with Gasteiger partial charge in [0.25, 0.3) is 0 Å². The van der Waals surface area contributed by atoms with Crippen LogP contribution in [0.4, 0.5) is 0 Å². The summed E-state index contributed by atoms with van der Waals surface area (Å²) in [4.78, 5) is 40.1. The second-order valence-electron chi connectivity index (χ2n) is 5.98. The number of hydrogen-bond acceptors (Lipinski definition) is 8. The molecule has 8 heteroatoms. The van der Waals surface area contributed by atoms with Crippen LogP contribution in [0.15, 0.2) is 37.2 Å². The summed E-state index contributed by atoms with van der Waals surface area (Å²) >= 11 is 0. The van der Waals surface area contributed by atoms with Crippen molar-refractivity contribution in [1.29, 1.82) is 0 Å². The van der Waals surface area contributed by atoms with Crippen molar-refractivity contribution in [3.63, 3.8) is 0 Å². The Labute approximate surface area is 139 Å². The molecule has 0 radical (unpaired) electrons. The molecule has 0 aliphatic heterocycles. The van der Waals surface area contributed by atoms with Crippen LogP contribution < -0.4 is 0 Å². The molecule has 2 aromatic rings. The van der Waals surface area contributed by atoms with Crippen molar-refractivity contribution in [1.82, 2.24) is 19.9 Å². The van der Waals surface area contributed by atoms with Crippen LogP contribution in [-0.4, -0.2) is 31.9 Å². The van der Waals surface area contributed by atoms with Crippen LogP contribution in [-0.2, 0) is 30.3 Å². The molecule has 0 aliphatic rings. The molecule has 2 aromatic heterocycles. The predicted octanol–water partition coefficient (Wildman–Crippen LogP) is 1.52. The number of ether oxygens (including phenoxy) is 2. The van der Waals surface area contributed by atoms with E-state index >= 15 is 0 Å². The predicted molar refractivity (Wildman–Crippen MR) is 82.3 cm³/mol. The maximum atomic E-state index is 12.1. The quantitative estimate of drug-likeness (QED) is 0.614. The first-order valence-electron chi connectivity index (χ1n) is 7.22. The van der Waals surface area contributed by atoms with Crippen molar-refractivity contribution in [2.24, 2.45) is 0 Å². The summed E-state index contributed by atoms with van der Waals surface area (Å²) in [5.74, 6) is -2.25. The first-order valence-corrected chi connectivity index (χ1v) is 7.22. The molecule has 0 atom stereocenters. The lowest BCUT2D eigenvalue weighted by Crippen LogP contribution is -2.36. The Balaban J connectivity index is 2.06. The van der Waals surface area contributed by atoms with E-state index in [0.717, 1.165) is 0 Å². The van der Waals surface area contributed by atoms with E-state index in [-0.39, 0.29) is 0 Å². The zero-order valence-corrected chi connectivity index (χ0v) is 13.9. The minimum Gasteiger partial charge on any atom is -0.445 e. The van der Waals surface area contributed by atoms with Gasteiger partial charge in [-0.05, 0) is 27.7 Å². The van der Waals surface area contributed by atoms with Gasteiger partial charge in [-0.15, -0.1) is 0 Å². The summed E-state index contributed by atoms with van der Waals surface area (Å²) in [7, 11) is 0. The largest absolute Gasteiger partial charge is 0.445 e. The molecule has 0 aliphatic carbocycles. The highest BCUT2D eigenvalue weighted by molar-refractivity contribution is 6.29. The average Bonchev–Trinajstić information content (AvgIpc) is 2.55. The summed E-state index contributed by atoms with van der Waals surface area (Å²) in [6.07, 6.45) is 8.86. The van der Waals surface area contributed by atoms with Crippen molar-refractivity contribution < 1.29 is 19.1 Å². The van der Waals surface area contributed by atoms with Crippen molar-refractivity contribution >= 4 is 11.9 Å². The molecule has 8 nitrogen and oxygen atoms in total. The third kappa shape index (κ3) is 4.09. The number of nitrogens with zero attached hydrogens (tertiary/aromatic N) is 4. The Hall–Kier alpha value is -2.90. The van der Waals surface area contributed by atoms with Crippen molar-refractivity contribution in [2.75, 3.05) is 0 Å². The van der Waals surface area contributed by atoms with Crippen molar-refractivity contribution in [3.05, 3.63) is 48.6 Å². The Morgan fingerprint density at radius 1 is 0.750 bits per heavy atom. The highest BCUT2D eigenvalue weighted by atomic mass is 16.6. The van der Waals surface area contributed by atoms with E-state index < -0.39 is 23.1 Å². The van der Waals surface area contributed by atoms with Crippen LogP contribution in [0.5, 0.6) is 0 Å². The van der Waals surface area contributed by atoms with Crippen LogP contribution in [0.25, 0.3) is 0 Å². The second kappa shape index (κ2) is 6.69. The number of carbonyl (C=O) groups excluding carboxylic acids is 2. The lowest BCUT2D eigenvalue weighted by Gasteiger charge is -2.26. The molecule has 2 rings (SSSR count). The van der Waals surface area contributed by atoms with Crippen LogP contribution in [0.1, 0.15) is 39.1 Å². The van der Waals surface area contributed by atoms with Gasteiger partial charge >= 0.3 is 11.9 Å². The van der Waals surface area contributed by atoms with Gasteiger partial charge < -0.3 is 9.47 Å². The van der Waals surface area contributed by atoms with Gasteiger partial charge in [0.1, 0.15) is 11.4 Å². The Kier molecular flexibility index (Phi) is 4.87. The molecule has 0 amide bonds. The molecule has 126 valence electrons. The number of esters is 2. The first-order chi connectivity index (χ1) is 11.2. The summed E-state index contributed by atoms with van der Waals surface area (Å²) < 4.78 is 10.4. The third-order valence-electron chi connectivity index (χ3n) is 3.22. The third-order valence-corrected chi connectivity index (χ3v) is 3.22. The molecule has 24 heavy (non-hydrogen) atoms. The number of carbonyl (C=O) groups is 2. The van der Waals surface area contributed by atoms with Gasteiger partial charge in [0.2, 0.25) is 0 Å². The molecule has 2 heterocycles. The molecule has 0 fully saturated rings. The van der Waals surface area contributed by atoms with Gasteiger partial charge in [0.05, 0.1) is 12.4 Å². The van der Waals surface area contributed by atoms with Gasteiger partial charge in [-0.1, -0.05) is 0 Å². The zero-order valence-electron chi connectivity index (χ0n) is 13.9. The smallest absolute Gasteiger partial charge is 0.418 e. The van der Waals surface area contributed by atoms with Crippen LogP contribution in [0, 0.1) is 0 Å².